The highest BCUT2D eigenvalue weighted by Gasteiger charge is 2.19. The van der Waals surface area contributed by atoms with Gasteiger partial charge >= 0.3 is 6.61 Å². The molecule has 1 aromatic heterocycles. The van der Waals surface area contributed by atoms with Crippen LogP contribution in [0.4, 0.5) is 14.5 Å². The normalized spacial score (nSPS) is 14.8. The molecule has 2 heterocycles. The molecular formula is C27H31F2N5O2. The molecule has 9 heteroatoms. The maximum atomic E-state index is 13.2. The Morgan fingerprint density at radius 3 is 2.64 bits per heavy atom. The molecule has 0 spiro atoms. The summed E-state index contributed by atoms with van der Waals surface area (Å²) in [5.74, 6) is 0.270. The predicted molar refractivity (Wildman–Crippen MR) is 137 cm³/mol. The number of piperidine rings is 1. The lowest BCUT2D eigenvalue weighted by Gasteiger charge is -2.22. The monoisotopic (exact) mass is 495 g/mol. The van der Waals surface area contributed by atoms with E-state index in [2.05, 4.69) is 31.7 Å². The molecule has 0 saturated carbocycles. The van der Waals surface area contributed by atoms with E-state index in [4.69, 9.17) is 0 Å². The van der Waals surface area contributed by atoms with Gasteiger partial charge in [-0.15, -0.1) is 0 Å². The number of carbonyl (C=O) groups excluding carboxylic acids is 1. The molecule has 3 aromatic rings. The molecule has 36 heavy (non-hydrogen) atoms. The number of anilines is 1. The van der Waals surface area contributed by atoms with E-state index in [1.165, 1.54) is 24.3 Å². The quantitative estimate of drug-likeness (QED) is 0.414. The van der Waals surface area contributed by atoms with E-state index in [1.54, 1.807) is 0 Å². The van der Waals surface area contributed by atoms with Crippen molar-refractivity contribution in [2.24, 2.45) is 10.9 Å². The Kier molecular flexibility index (Phi) is 8.43. The largest absolute Gasteiger partial charge is 0.435 e. The number of ether oxygens (including phenoxy) is 1. The van der Waals surface area contributed by atoms with Gasteiger partial charge in [0.05, 0.1) is 6.20 Å². The van der Waals surface area contributed by atoms with Crippen LogP contribution in [0.2, 0.25) is 0 Å². The Morgan fingerprint density at radius 1 is 1.19 bits per heavy atom. The Labute approximate surface area is 209 Å². The number of hydrogen-bond donors (Lipinski definition) is 2. The van der Waals surface area contributed by atoms with Crippen molar-refractivity contribution >= 4 is 17.3 Å². The molecule has 4 rings (SSSR count). The minimum atomic E-state index is -2.90. The lowest BCUT2D eigenvalue weighted by atomic mass is 9.97. The zero-order chi connectivity index (χ0) is 25.5. The summed E-state index contributed by atoms with van der Waals surface area (Å²) < 4.78 is 31.2. The average Bonchev–Trinajstić information content (AvgIpc) is 3.33. The highest BCUT2D eigenvalue weighted by Crippen LogP contribution is 2.25. The van der Waals surface area contributed by atoms with Gasteiger partial charge in [0, 0.05) is 36.1 Å². The second-order valence-corrected chi connectivity index (χ2v) is 8.85. The molecule has 1 aliphatic heterocycles. The number of nitrogens with zero attached hydrogens (tertiary/aromatic N) is 3. The Balaban J connectivity index is 1.52. The van der Waals surface area contributed by atoms with Crippen LogP contribution in [0.5, 0.6) is 5.75 Å². The average molecular weight is 496 g/mol. The van der Waals surface area contributed by atoms with Gasteiger partial charge in [-0.2, -0.15) is 13.9 Å². The van der Waals surface area contributed by atoms with Crippen LogP contribution in [0.25, 0.3) is 11.1 Å². The third kappa shape index (κ3) is 6.54. The maximum Gasteiger partial charge on any atom is 0.387 e. The first-order valence-corrected chi connectivity index (χ1v) is 12.2. The highest BCUT2D eigenvalue weighted by molar-refractivity contribution is 6.49. The van der Waals surface area contributed by atoms with Crippen molar-refractivity contribution in [1.82, 2.24) is 15.1 Å². The summed E-state index contributed by atoms with van der Waals surface area (Å²) in [6, 6.07) is 11.8. The van der Waals surface area contributed by atoms with E-state index >= 15 is 0 Å². The molecule has 2 N–H and O–H groups in total. The van der Waals surface area contributed by atoms with E-state index in [9.17, 15) is 13.6 Å². The summed E-state index contributed by atoms with van der Waals surface area (Å²) in [5.41, 5.74) is 4.36. The van der Waals surface area contributed by atoms with Crippen LogP contribution < -0.4 is 15.4 Å². The fraction of sp³-hybridized carbons (Fsp3) is 0.370. The zero-order valence-corrected chi connectivity index (χ0v) is 20.5. The van der Waals surface area contributed by atoms with Crippen molar-refractivity contribution < 1.29 is 18.3 Å². The molecule has 0 bridgehead atoms. The first-order valence-electron chi connectivity index (χ1n) is 12.2. The number of benzene rings is 2. The molecule has 0 radical (unpaired) electrons. The van der Waals surface area contributed by atoms with Crippen LogP contribution in [0.15, 0.2) is 59.9 Å². The first-order chi connectivity index (χ1) is 17.4. The van der Waals surface area contributed by atoms with E-state index in [1.807, 2.05) is 42.9 Å². The molecule has 0 atom stereocenters. The van der Waals surface area contributed by atoms with E-state index < -0.39 is 6.61 Å². The number of rotatable bonds is 9. The van der Waals surface area contributed by atoms with Crippen molar-refractivity contribution in [3.63, 3.8) is 0 Å². The first kappa shape index (κ1) is 25.5. The molecular weight excluding hydrogens is 464 g/mol. The molecule has 1 aliphatic rings. The van der Waals surface area contributed by atoms with Crippen molar-refractivity contribution in [3.05, 3.63) is 66.0 Å². The lowest BCUT2D eigenvalue weighted by molar-refractivity contribution is -0.110. The summed E-state index contributed by atoms with van der Waals surface area (Å²) in [4.78, 5) is 17.7. The minimum absolute atomic E-state index is 0.0229. The van der Waals surface area contributed by atoms with Crippen molar-refractivity contribution in [3.8, 4) is 16.9 Å². The molecule has 2 aromatic carbocycles. The SMILES string of the molecule is CC/N=C(/C(=O)Nc1ccc(OC(F)F)cc1)c1cc(-c2cnn(CC3CCNCC3)c2)ccc1C. The van der Waals surface area contributed by atoms with Crippen molar-refractivity contribution in [2.75, 3.05) is 25.0 Å². The number of hydrogen-bond acceptors (Lipinski definition) is 5. The number of aromatic nitrogens is 2. The zero-order valence-electron chi connectivity index (χ0n) is 20.5. The topological polar surface area (TPSA) is 80.5 Å². The van der Waals surface area contributed by atoms with E-state index in [-0.39, 0.29) is 11.7 Å². The van der Waals surface area contributed by atoms with Gasteiger partial charge in [-0.3, -0.25) is 14.5 Å². The summed E-state index contributed by atoms with van der Waals surface area (Å²) in [6.45, 7) is 4.34. The predicted octanol–water partition coefficient (Wildman–Crippen LogP) is 4.91. The van der Waals surface area contributed by atoms with Gasteiger partial charge in [0.15, 0.2) is 0 Å². The molecule has 1 fully saturated rings. The number of carbonyl (C=O) groups is 1. The summed E-state index contributed by atoms with van der Waals surface area (Å²) >= 11 is 0. The Morgan fingerprint density at radius 2 is 1.94 bits per heavy atom. The van der Waals surface area contributed by atoms with Crippen molar-refractivity contribution in [1.29, 1.82) is 0 Å². The number of nitrogens with one attached hydrogen (secondary N) is 2. The third-order valence-corrected chi connectivity index (χ3v) is 6.23. The van der Waals surface area contributed by atoms with Gasteiger partial charge in [0.2, 0.25) is 0 Å². The van der Waals surface area contributed by atoms with Gasteiger partial charge < -0.3 is 15.4 Å². The molecule has 7 nitrogen and oxygen atoms in total. The molecule has 0 unspecified atom stereocenters. The summed E-state index contributed by atoms with van der Waals surface area (Å²) in [6.07, 6.45) is 6.21. The van der Waals surface area contributed by atoms with Crippen molar-refractivity contribution in [2.45, 2.75) is 39.8 Å². The molecule has 0 aliphatic carbocycles. The second kappa shape index (κ2) is 11.9. The van der Waals surface area contributed by atoms with Crippen LogP contribution in [0.3, 0.4) is 0 Å². The highest BCUT2D eigenvalue weighted by atomic mass is 19.3. The summed E-state index contributed by atoms with van der Waals surface area (Å²) in [5, 5.41) is 10.8. The van der Waals surface area contributed by atoms with Gasteiger partial charge in [0.25, 0.3) is 5.91 Å². The van der Waals surface area contributed by atoms with Crippen LogP contribution in [-0.4, -0.2) is 47.6 Å². The maximum absolute atomic E-state index is 13.2. The number of halogens is 2. The third-order valence-electron chi connectivity index (χ3n) is 6.23. The minimum Gasteiger partial charge on any atom is -0.435 e. The standard InChI is InChI=1S/C27H31F2N5O2/c1-3-31-25(26(35)33-22-6-8-23(9-7-22)36-27(28)29)24-14-20(5-4-18(24)2)21-15-32-34(17-21)16-19-10-12-30-13-11-19/h4-9,14-15,17,19,27,30H,3,10-13,16H2,1-2H3,(H,33,35)/b31-25+. The number of aryl methyl sites for hydroxylation is 1. The fourth-order valence-electron chi connectivity index (χ4n) is 4.35. The number of amides is 1. The Hall–Kier alpha value is -3.59. The van der Waals surface area contributed by atoms with Crippen LogP contribution >= 0.6 is 0 Å². The smallest absolute Gasteiger partial charge is 0.387 e. The number of alkyl halides is 2. The van der Waals surface area contributed by atoms with Crippen LogP contribution in [0, 0.1) is 12.8 Å². The van der Waals surface area contributed by atoms with Gasteiger partial charge in [-0.05, 0) is 87.2 Å². The lowest BCUT2D eigenvalue weighted by Crippen LogP contribution is -2.29. The molecule has 190 valence electrons. The van der Waals surface area contributed by atoms with E-state index in [0.29, 0.717) is 23.9 Å². The second-order valence-electron chi connectivity index (χ2n) is 8.85. The fourth-order valence-corrected chi connectivity index (χ4v) is 4.35. The number of aliphatic imine (C=N–C) groups is 1. The van der Waals surface area contributed by atoms with Gasteiger partial charge in [0.1, 0.15) is 11.5 Å². The molecule has 1 saturated heterocycles. The van der Waals surface area contributed by atoms with Crippen LogP contribution in [0.1, 0.15) is 30.9 Å². The van der Waals surface area contributed by atoms with E-state index in [0.717, 1.165) is 54.7 Å². The Bertz CT molecular complexity index is 1200. The van der Waals surface area contributed by atoms with Gasteiger partial charge in [-0.1, -0.05) is 12.1 Å². The van der Waals surface area contributed by atoms with Crippen LogP contribution in [-0.2, 0) is 11.3 Å². The van der Waals surface area contributed by atoms with Gasteiger partial charge in [-0.25, -0.2) is 0 Å². The summed E-state index contributed by atoms with van der Waals surface area (Å²) in [7, 11) is 0. The molecule has 1 amide bonds.